The minimum atomic E-state index is -4.93. The number of carbonyl (C=O) groups excluding carboxylic acids is 1. The fraction of sp³-hybridized carbons (Fsp3) is 0.833. The fourth-order valence-electron chi connectivity index (χ4n) is 0.793. The predicted molar refractivity (Wildman–Crippen MR) is 34.5 cm³/mol. The SMILES string of the molecule is COC1CN(OC(=O)C(F)(F)F)C1. The van der Waals surface area contributed by atoms with Gasteiger partial charge in [-0.3, -0.25) is 0 Å². The van der Waals surface area contributed by atoms with E-state index >= 15 is 0 Å². The van der Waals surface area contributed by atoms with E-state index < -0.39 is 12.1 Å². The highest BCUT2D eigenvalue weighted by atomic mass is 19.4. The Morgan fingerprint density at radius 1 is 1.46 bits per heavy atom. The third-order valence-corrected chi connectivity index (χ3v) is 1.59. The molecule has 1 fully saturated rings. The van der Waals surface area contributed by atoms with Gasteiger partial charge >= 0.3 is 12.1 Å². The lowest BCUT2D eigenvalue weighted by molar-refractivity contribution is -0.266. The molecule has 1 aliphatic rings. The van der Waals surface area contributed by atoms with Gasteiger partial charge in [0.25, 0.3) is 0 Å². The monoisotopic (exact) mass is 199 g/mol. The van der Waals surface area contributed by atoms with Crippen molar-refractivity contribution in [2.75, 3.05) is 20.2 Å². The van der Waals surface area contributed by atoms with Gasteiger partial charge in [0.2, 0.25) is 0 Å². The number of hydrogen-bond acceptors (Lipinski definition) is 4. The zero-order valence-electron chi connectivity index (χ0n) is 6.80. The van der Waals surface area contributed by atoms with E-state index in [1.54, 1.807) is 0 Å². The highest BCUT2D eigenvalue weighted by Gasteiger charge is 2.44. The summed E-state index contributed by atoms with van der Waals surface area (Å²) in [4.78, 5) is 14.2. The summed E-state index contributed by atoms with van der Waals surface area (Å²) in [5.41, 5.74) is 0. The Labute approximate surface area is 72.2 Å². The molecule has 0 aromatic carbocycles. The average molecular weight is 199 g/mol. The molecule has 1 heterocycles. The number of halogens is 3. The van der Waals surface area contributed by atoms with Crippen molar-refractivity contribution in [2.45, 2.75) is 12.3 Å². The number of hydrogen-bond donors (Lipinski definition) is 0. The zero-order valence-corrected chi connectivity index (χ0v) is 6.80. The van der Waals surface area contributed by atoms with Crippen LogP contribution < -0.4 is 0 Å². The number of hydroxylamine groups is 2. The second-order valence-corrected chi connectivity index (χ2v) is 2.58. The molecule has 1 aliphatic heterocycles. The molecule has 4 nitrogen and oxygen atoms in total. The lowest BCUT2D eigenvalue weighted by Gasteiger charge is -2.35. The summed E-state index contributed by atoms with van der Waals surface area (Å²) in [5.74, 6) is -2.19. The molecule has 1 rings (SSSR count). The summed E-state index contributed by atoms with van der Waals surface area (Å²) in [6, 6.07) is 0. The molecule has 0 aliphatic carbocycles. The Morgan fingerprint density at radius 3 is 2.38 bits per heavy atom. The molecule has 7 heteroatoms. The van der Waals surface area contributed by atoms with E-state index in [1.165, 1.54) is 7.11 Å². The molecule has 0 unspecified atom stereocenters. The van der Waals surface area contributed by atoms with Crippen LogP contribution in [-0.4, -0.2) is 43.5 Å². The Morgan fingerprint density at radius 2 is 2.00 bits per heavy atom. The minimum Gasteiger partial charge on any atom is -0.379 e. The van der Waals surface area contributed by atoms with Crippen molar-refractivity contribution in [3.05, 3.63) is 0 Å². The van der Waals surface area contributed by atoms with Gasteiger partial charge in [0.05, 0.1) is 19.2 Å². The van der Waals surface area contributed by atoms with Gasteiger partial charge in [0.15, 0.2) is 0 Å². The van der Waals surface area contributed by atoms with Gasteiger partial charge in [0.1, 0.15) is 0 Å². The standard InChI is InChI=1S/C6H8F3NO3/c1-12-4-2-10(3-4)13-5(11)6(7,8)9/h4H,2-3H2,1H3. The lowest BCUT2D eigenvalue weighted by atomic mass is 10.2. The lowest BCUT2D eigenvalue weighted by Crippen LogP contribution is -2.53. The Bertz CT molecular complexity index is 200. The summed E-state index contributed by atoms with van der Waals surface area (Å²) in [6.07, 6.45) is -5.08. The summed E-state index contributed by atoms with van der Waals surface area (Å²) in [6.45, 7) is 0.358. The molecule has 76 valence electrons. The quantitative estimate of drug-likeness (QED) is 0.642. The smallest absolute Gasteiger partial charge is 0.379 e. The van der Waals surface area contributed by atoms with Gasteiger partial charge in [-0.2, -0.15) is 13.2 Å². The van der Waals surface area contributed by atoms with Gasteiger partial charge in [-0.25, -0.2) is 4.79 Å². The maximum absolute atomic E-state index is 11.6. The highest BCUT2D eigenvalue weighted by molar-refractivity contribution is 5.75. The van der Waals surface area contributed by atoms with Crippen molar-refractivity contribution >= 4 is 5.97 Å². The second kappa shape index (κ2) is 3.51. The predicted octanol–water partition coefficient (Wildman–Crippen LogP) is 0.338. The van der Waals surface area contributed by atoms with Crippen LogP contribution in [0.3, 0.4) is 0 Å². The van der Waals surface area contributed by atoms with E-state index in [0.29, 0.717) is 0 Å². The van der Waals surface area contributed by atoms with Crippen LogP contribution in [0.1, 0.15) is 0 Å². The van der Waals surface area contributed by atoms with Crippen molar-refractivity contribution in [3.63, 3.8) is 0 Å². The van der Waals surface area contributed by atoms with E-state index in [1.807, 2.05) is 0 Å². The number of nitrogens with zero attached hydrogens (tertiary/aromatic N) is 1. The third kappa shape index (κ3) is 2.56. The Hall–Kier alpha value is -0.820. The molecule has 0 amide bonds. The second-order valence-electron chi connectivity index (χ2n) is 2.58. The summed E-state index contributed by atoms with van der Waals surface area (Å²) >= 11 is 0. The van der Waals surface area contributed by atoms with Gasteiger partial charge in [-0.05, 0) is 0 Å². The molecule has 1 saturated heterocycles. The van der Waals surface area contributed by atoms with Crippen LogP contribution in [0.2, 0.25) is 0 Å². The fourth-order valence-corrected chi connectivity index (χ4v) is 0.793. The van der Waals surface area contributed by atoms with E-state index in [2.05, 4.69) is 4.84 Å². The van der Waals surface area contributed by atoms with Gasteiger partial charge in [-0.1, -0.05) is 0 Å². The molecule has 13 heavy (non-hydrogen) atoms. The van der Waals surface area contributed by atoms with Crippen LogP contribution in [0.25, 0.3) is 0 Å². The first-order valence-electron chi connectivity index (χ1n) is 3.50. The number of methoxy groups -OCH3 is 1. The molecular weight excluding hydrogens is 191 g/mol. The molecule has 0 aromatic heterocycles. The van der Waals surface area contributed by atoms with E-state index in [0.717, 1.165) is 5.06 Å². The molecule has 0 radical (unpaired) electrons. The van der Waals surface area contributed by atoms with E-state index in [9.17, 15) is 18.0 Å². The van der Waals surface area contributed by atoms with Gasteiger partial charge in [-0.15, -0.1) is 5.06 Å². The maximum atomic E-state index is 11.6. The number of carbonyl (C=O) groups is 1. The molecule has 0 saturated carbocycles. The number of rotatable bonds is 2. The average Bonchev–Trinajstić information content (AvgIpc) is 1.93. The van der Waals surface area contributed by atoms with E-state index in [-0.39, 0.29) is 19.2 Å². The molecule has 0 spiro atoms. The van der Waals surface area contributed by atoms with Crippen LogP contribution >= 0.6 is 0 Å². The number of ether oxygens (including phenoxy) is 1. The van der Waals surface area contributed by atoms with Gasteiger partial charge in [0, 0.05) is 7.11 Å². The first-order chi connectivity index (χ1) is 5.93. The molecule has 0 aromatic rings. The van der Waals surface area contributed by atoms with Crippen molar-refractivity contribution < 1.29 is 27.5 Å². The Balaban J connectivity index is 2.25. The molecule has 0 bridgehead atoms. The Kier molecular flexibility index (Phi) is 2.77. The van der Waals surface area contributed by atoms with Crippen LogP contribution in [0.4, 0.5) is 13.2 Å². The molecule has 0 N–H and O–H groups in total. The van der Waals surface area contributed by atoms with Crippen molar-refractivity contribution in [1.82, 2.24) is 5.06 Å². The van der Waals surface area contributed by atoms with Crippen molar-refractivity contribution in [2.24, 2.45) is 0 Å². The summed E-state index contributed by atoms with van der Waals surface area (Å²) < 4.78 is 39.6. The summed E-state index contributed by atoms with van der Waals surface area (Å²) in [5, 5.41) is 0.907. The summed E-state index contributed by atoms with van der Waals surface area (Å²) in [7, 11) is 1.44. The van der Waals surface area contributed by atoms with E-state index in [4.69, 9.17) is 4.74 Å². The van der Waals surface area contributed by atoms with Crippen LogP contribution in [0, 0.1) is 0 Å². The van der Waals surface area contributed by atoms with Crippen LogP contribution in [-0.2, 0) is 14.4 Å². The van der Waals surface area contributed by atoms with Gasteiger partial charge < -0.3 is 9.57 Å². The zero-order chi connectivity index (χ0) is 10.1. The first kappa shape index (κ1) is 10.3. The first-order valence-corrected chi connectivity index (χ1v) is 3.50. The van der Waals surface area contributed by atoms with Crippen LogP contribution in [0.5, 0.6) is 0 Å². The van der Waals surface area contributed by atoms with Crippen LogP contribution in [0.15, 0.2) is 0 Å². The highest BCUT2D eigenvalue weighted by Crippen LogP contribution is 2.19. The topological polar surface area (TPSA) is 38.8 Å². The maximum Gasteiger partial charge on any atom is 0.492 e. The van der Waals surface area contributed by atoms with Crippen molar-refractivity contribution in [1.29, 1.82) is 0 Å². The third-order valence-electron chi connectivity index (χ3n) is 1.59. The molecular formula is C6H8F3NO3. The number of alkyl halides is 3. The van der Waals surface area contributed by atoms with Crippen molar-refractivity contribution in [3.8, 4) is 0 Å². The normalized spacial score (nSPS) is 19.7. The largest absolute Gasteiger partial charge is 0.492 e. The minimum absolute atomic E-state index is 0.152. The molecule has 0 atom stereocenters.